The first-order valence-electron chi connectivity index (χ1n) is 7.09. The Hall–Kier alpha value is -1.94. The van der Waals surface area contributed by atoms with Crippen molar-refractivity contribution in [3.05, 3.63) is 53.0 Å². The molecule has 1 aromatic heterocycles. The van der Waals surface area contributed by atoms with Crippen LogP contribution in [-0.2, 0) is 6.54 Å². The molecule has 0 saturated heterocycles. The Morgan fingerprint density at radius 2 is 1.95 bits per heavy atom. The third-order valence-electron chi connectivity index (χ3n) is 3.17. The van der Waals surface area contributed by atoms with Crippen LogP contribution in [0.4, 0.5) is 4.39 Å². The molecular weight excluding hydrogens is 267 g/mol. The van der Waals surface area contributed by atoms with E-state index in [0.717, 1.165) is 23.4 Å². The van der Waals surface area contributed by atoms with Crippen molar-refractivity contribution >= 4 is 0 Å². The summed E-state index contributed by atoms with van der Waals surface area (Å²) >= 11 is 0. The smallest absolute Gasteiger partial charge is 0.219 e. The van der Waals surface area contributed by atoms with E-state index in [-0.39, 0.29) is 11.6 Å². The summed E-state index contributed by atoms with van der Waals surface area (Å²) in [5.41, 5.74) is 2.94. The Labute approximate surface area is 125 Å². The van der Waals surface area contributed by atoms with Crippen LogP contribution in [0.3, 0.4) is 0 Å². The molecule has 112 valence electrons. The van der Waals surface area contributed by atoms with E-state index >= 15 is 0 Å². The maximum Gasteiger partial charge on any atom is 0.219 e. The molecular formula is C17H21FN2O. The molecule has 0 aliphatic heterocycles. The second-order valence-corrected chi connectivity index (χ2v) is 5.47. The topological polar surface area (TPSA) is 34.1 Å². The molecule has 0 spiro atoms. The Balaban J connectivity index is 2.14. The van der Waals surface area contributed by atoms with Gasteiger partial charge in [0, 0.05) is 24.3 Å². The van der Waals surface area contributed by atoms with Crippen LogP contribution in [0.25, 0.3) is 0 Å². The van der Waals surface area contributed by atoms with Crippen molar-refractivity contribution in [1.82, 2.24) is 10.3 Å². The number of aromatic nitrogens is 1. The van der Waals surface area contributed by atoms with Crippen LogP contribution in [0.5, 0.6) is 11.6 Å². The zero-order valence-electron chi connectivity index (χ0n) is 12.9. The lowest BCUT2D eigenvalue weighted by molar-refractivity contribution is 0.425. The fourth-order valence-electron chi connectivity index (χ4n) is 1.93. The number of halogens is 1. The van der Waals surface area contributed by atoms with Crippen molar-refractivity contribution in [3.8, 4) is 11.6 Å². The first kappa shape index (κ1) is 15.4. The van der Waals surface area contributed by atoms with Crippen molar-refractivity contribution in [2.75, 3.05) is 0 Å². The predicted molar refractivity (Wildman–Crippen MR) is 82.2 cm³/mol. The van der Waals surface area contributed by atoms with Crippen LogP contribution in [0, 0.1) is 19.7 Å². The molecule has 0 aliphatic carbocycles. The lowest BCUT2D eigenvalue weighted by Gasteiger charge is -2.12. The molecule has 3 nitrogen and oxygen atoms in total. The molecule has 0 fully saturated rings. The van der Waals surface area contributed by atoms with E-state index in [1.165, 1.54) is 6.07 Å². The third kappa shape index (κ3) is 4.26. The van der Waals surface area contributed by atoms with Crippen LogP contribution in [0.1, 0.15) is 30.7 Å². The van der Waals surface area contributed by atoms with Gasteiger partial charge in [-0.25, -0.2) is 9.37 Å². The molecule has 0 atom stereocenters. The average Bonchev–Trinajstić information content (AvgIpc) is 2.42. The van der Waals surface area contributed by atoms with Gasteiger partial charge in [0.05, 0.1) is 0 Å². The lowest BCUT2D eigenvalue weighted by Crippen LogP contribution is -2.22. The maximum atomic E-state index is 13.7. The van der Waals surface area contributed by atoms with Gasteiger partial charge in [-0.05, 0) is 37.1 Å². The molecule has 2 aromatic rings. The Kier molecular flexibility index (Phi) is 4.91. The molecule has 0 aliphatic rings. The molecule has 4 heteroatoms. The summed E-state index contributed by atoms with van der Waals surface area (Å²) in [6, 6.07) is 8.93. The molecule has 1 N–H and O–H groups in total. The molecule has 2 rings (SSSR count). The lowest BCUT2D eigenvalue weighted by atomic mass is 10.2. The van der Waals surface area contributed by atoms with E-state index in [1.54, 1.807) is 18.2 Å². The zero-order chi connectivity index (χ0) is 15.4. The molecule has 0 radical (unpaired) electrons. The van der Waals surface area contributed by atoms with Gasteiger partial charge in [-0.3, -0.25) is 0 Å². The predicted octanol–water partition coefficient (Wildman–Crippen LogP) is 4.13. The fraction of sp³-hybridized carbons (Fsp3) is 0.353. The van der Waals surface area contributed by atoms with Gasteiger partial charge in [0.1, 0.15) is 0 Å². The van der Waals surface area contributed by atoms with Gasteiger partial charge in [0.25, 0.3) is 0 Å². The molecule has 1 heterocycles. The number of nitrogens with one attached hydrogen (secondary N) is 1. The molecule has 0 amide bonds. The largest absolute Gasteiger partial charge is 0.436 e. The van der Waals surface area contributed by atoms with Crippen LogP contribution in [0.15, 0.2) is 30.3 Å². The molecule has 0 saturated carbocycles. The van der Waals surface area contributed by atoms with E-state index < -0.39 is 0 Å². The second-order valence-electron chi connectivity index (χ2n) is 5.47. The van der Waals surface area contributed by atoms with Crippen LogP contribution >= 0.6 is 0 Å². The standard InChI is InChI=1S/C17H21FN2O/c1-11(2)19-10-14-6-8-17(20-13(14)4)21-16-9-12(3)5-7-15(16)18/h5-9,11,19H,10H2,1-4H3. The monoisotopic (exact) mass is 288 g/mol. The maximum absolute atomic E-state index is 13.7. The number of hydrogen-bond acceptors (Lipinski definition) is 3. The van der Waals surface area contributed by atoms with E-state index in [1.807, 2.05) is 19.9 Å². The van der Waals surface area contributed by atoms with Gasteiger partial charge in [0.2, 0.25) is 5.88 Å². The van der Waals surface area contributed by atoms with E-state index in [2.05, 4.69) is 24.1 Å². The normalized spacial score (nSPS) is 11.0. The van der Waals surface area contributed by atoms with Crippen molar-refractivity contribution in [2.24, 2.45) is 0 Å². The Morgan fingerprint density at radius 1 is 1.19 bits per heavy atom. The number of pyridine rings is 1. The quantitative estimate of drug-likeness (QED) is 0.898. The molecule has 0 unspecified atom stereocenters. The number of hydrogen-bond donors (Lipinski definition) is 1. The summed E-state index contributed by atoms with van der Waals surface area (Å²) in [5.74, 6) is 0.228. The van der Waals surface area contributed by atoms with Gasteiger partial charge in [-0.1, -0.05) is 26.0 Å². The van der Waals surface area contributed by atoms with Gasteiger partial charge in [-0.15, -0.1) is 0 Å². The van der Waals surface area contributed by atoms with Gasteiger partial charge < -0.3 is 10.1 Å². The minimum Gasteiger partial charge on any atom is -0.436 e. The number of aryl methyl sites for hydroxylation is 2. The van der Waals surface area contributed by atoms with E-state index in [9.17, 15) is 4.39 Å². The van der Waals surface area contributed by atoms with E-state index in [4.69, 9.17) is 4.74 Å². The van der Waals surface area contributed by atoms with Crippen LogP contribution < -0.4 is 10.1 Å². The highest BCUT2D eigenvalue weighted by molar-refractivity contribution is 5.34. The van der Waals surface area contributed by atoms with Crippen molar-refractivity contribution in [1.29, 1.82) is 0 Å². The fourth-order valence-corrected chi connectivity index (χ4v) is 1.93. The van der Waals surface area contributed by atoms with Gasteiger partial charge in [0.15, 0.2) is 11.6 Å². The number of ether oxygens (including phenoxy) is 1. The summed E-state index contributed by atoms with van der Waals surface area (Å²) < 4.78 is 19.2. The SMILES string of the molecule is Cc1ccc(F)c(Oc2ccc(CNC(C)C)c(C)n2)c1. The Morgan fingerprint density at radius 3 is 2.62 bits per heavy atom. The molecule has 21 heavy (non-hydrogen) atoms. The number of rotatable bonds is 5. The highest BCUT2D eigenvalue weighted by atomic mass is 19.1. The van der Waals surface area contributed by atoms with Gasteiger partial charge >= 0.3 is 0 Å². The Bertz CT molecular complexity index is 626. The third-order valence-corrected chi connectivity index (χ3v) is 3.17. The minimum absolute atomic E-state index is 0.204. The van der Waals surface area contributed by atoms with Crippen LogP contribution in [-0.4, -0.2) is 11.0 Å². The summed E-state index contributed by atoms with van der Waals surface area (Å²) in [5, 5.41) is 3.35. The van der Waals surface area contributed by atoms with Crippen molar-refractivity contribution in [3.63, 3.8) is 0 Å². The first-order chi connectivity index (χ1) is 9.95. The number of nitrogens with zero attached hydrogens (tertiary/aromatic N) is 1. The van der Waals surface area contributed by atoms with Crippen molar-refractivity contribution in [2.45, 2.75) is 40.3 Å². The minimum atomic E-state index is -0.384. The zero-order valence-corrected chi connectivity index (χ0v) is 12.9. The average molecular weight is 288 g/mol. The van der Waals surface area contributed by atoms with Crippen molar-refractivity contribution < 1.29 is 9.13 Å². The highest BCUT2D eigenvalue weighted by Gasteiger charge is 2.08. The highest BCUT2D eigenvalue weighted by Crippen LogP contribution is 2.24. The summed E-state index contributed by atoms with van der Waals surface area (Å²) in [6.07, 6.45) is 0. The summed E-state index contributed by atoms with van der Waals surface area (Å²) in [7, 11) is 0. The number of benzene rings is 1. The first-order valence-corrected chi connectivity index (χ1v) is 7.09. The summed E-state index contributed by atoms with van der Waals surface area (Å²) in [4.78, 5) is 4.39. The second kappa shape index (κ2) is 6.68. The van der Waals surface area contributed by atoms with Gasteiger partial charge in [-0.2, -0.15) is 0 Å². The molecule has 1 aromatic carbocycles. The van der Waals surface area contributed by atoms with E-state index in [0.29, 0.717) is 11.9 Å². The summed E-state index contributed by atoms with van der Waals surface area (Å²) in [6.45, 7) is 8.78. The molecule has 0 bridgehead atoms. The van der Waals surface area contributed by atoms with Crippen LogP contribution in [0.2, 0.25) is 0 Å².